The second-order valence-corrected chi connectivity index (χ2v) is 3.41. The lowest BCUT2D eigenvalue weighted by molar-refractivity contribution is -0.131. The second kappa shape index (κ2) is 5.36. The highest BCUT2D eigenvalue weighted by Gasteiger charge is 2.15. The van der Waals surface area contributed by atoms with E-state index in [0.29, 0.717) is 0 Å². The number of rotatable bonds is 3. The van der Waals surface area contributed by atoms with E-state index in [0.717, 1.165) is 6.08 Å². The fourth-order valence-electron chi connectivity index (χ4n) is 1.14. The lowest BCUT2D eigenvalue weighted by Gasteiger charge is -2.06. The summed E-state index contributed by atoms with van der Waals surface area (Å²) in [5.41, 5.74) is 0.212. The Kier molecular flexibility index (Phi) is 4.12. The van der Waals surface area contributed by atoms with Gasteiger partial charge >= 0.3 is 11.9 Å². The van der Waals surface area contributed by atoms with Crippen molar-refractivity contribution >= 4 is 29.6 Å². The first-order valence-corrected chi connectivity index (χ1v) is 4.86. The molecule has 0 radical (unpaired) electrons. The number of phenolic OH excluding ortho intramolecular Hbond substituents is 1. The number of carboxylic acids is 1. The number of benzene rings is 1. The molecule has 0 saturated heterocycles. The van der Waals surface area contributed by atoms with E-state index < -0.39 is 11.9 Å². The van der Waals surface area contributed by atoms with Crippen molar-refractivity contribution in [3.63, 3.8) is 0 Å². The van der Waals surface area contributed by atoms with Crippen LogP contribution in [0.25, 0.3) is 6.08 Å². The minimum atomic E-state index is -1.16. The summed E-state index contributed by atoms with van der Waals surface area (Å²) in [5, 5.41) is 17.9. The summed E-state index contributed by atoms with van der Waals surface area (Å²) in [6.07, 6.45) is 2.02. The fraction of sp³-hybridized carbons (Fsp3) is 0.0909. The number of phenols is 1. The van der Waals surface area contributed by atoms with Gasteiger partial charge in [0.05, 0.1) is 17.7 Å². The first-order valence-electron chi connectivity index (χ1n) is 4.48. The van der Waals surface area contributed by atoms with Crippen molar-refractivity contribution in [2.45, 2.75) is 0 Å². The molecule has 1 aromatic carbocycles. The van der Waals surface area contributed by atoms with Gasteiger partial charge in [0.2, 0.25) is 0 Å². The molecule has 0 fully saturated rings. The van der Waals surface area contributed by atoms with E-state index >= 15 is 0 Å². The molecule has 0 atom stereocenters. The van der Waals surface area contributed by atoms with Crippen LogP contribution in [0.4, 0.5) is 0 Å². The maximum atomic E-state index is 11.2. The van der Waals surface area contributed by atoms with Gasteiger partial charge in [-0.1, -0.05) is 17.7 Å². The molecule has 0 aliphatic carbocycles. The van der Waals surface area contributed by atoms with Crippen LogP contribution in [-0.4, -0.2) is 29.3 Å². The zero-order valence-corrected chi connectivity index (χ0v) is 9.56. The van der Waals surface area contributed by atoms with Crippen LogP contribution in [0.3, 0.4) is 0 Å². The summed E-state index contributed by atoms with van der Waals surface area (Å²) in [6.45, 7) is 0. The Labute approximate surface area is 102 Å². The summed E-state index contributed by atoms with van der Waals surface area (Å²) in [7, 11) is 1.19. The summed E-state index contributed by atoms with van der Waals surface area (Å²) >= 11 is 5.76. The minimum absolute atomic E-state index is 0.0131. The van der Waals surface area contributed by atoms with Gasteiger partial charge in [0.25, 0.3) is 0 Å². The fourth-order valence-corrected chi connectivity index (χ4v) is 1.39. The minimum Gasteiger partial charge on any atom is -0.506 e. The molecule has 2 N–H and O–H groups in total. The number of carboxylic acid groups (broad SMARTS) is 1. The van der Waals surface area contributed by atoms with Crippen molar-refractivity contribution in [2.24, 2.45) is 0 Å². The third-order valence-corrected chi connectivity index (χ3v) is 2.34. The van der Waals surface area contributed by atoms with Crippen molar-refractivity contribution in [2.75, 3.05) is 7.11 Å². The van der Waals surface area contributed by atoms with Crippen LogP contribution < -0.4 is 0 Å². The third kappa shape index (κ3) is 2.98. The summed E-state index contributed by atoms with van der Waals surface area (Å²) < 4.78 is 4.46. The number of ether oxygens (including phenoxy) is 1. The molecule has 0 unspecified atom stereocenters. The van der Waals surface area contributed by atoms with Gasteiger partial charge in [-0.15, -0.1) is 0 Å². The van der Waals surface area contributed by atoms with Gasteiger partial charge in [-0.3, -0.25) is 0 Å². The molecular weight excluding hydrogens is 248 g/mol. The Hall–Kier alpha value is -2.01. The smallest absolute Gasteiger partial charge is 0.339 e. The lowest BCUT2D eigenvalue weighted by atomic mass is 10.1. The van der Waals surface area contributed by atoms with E-state index in [9.17, 15) is 14.7 Å². The van der Waals surface area contributed by atoms with E-state index in [1.165, 1.54) is 25.3 Å². The number of hydrogen-bond acceptors (Lipinski definition) is 4. The van der Waals surface area contributed by atoms with Crippen LogP contribution in [-0.2, 0) is 9.53 Å². The van der Waals surface area contributed by atoms with Crippen LogP contribution in [0.2, 0.25) is 5.02 Å². The van der Waals surface area contributed by atoms with Gasteiger partial charge in [0.15, 0.2) is 0 Å². The molecule has 0 spiro atoms. The monoisotopic (exact) mass is 256 g/mol. The van der Waals surface area contributed by atoms with Crippen LogP contribution in [0, 0.1) is 0 Å². The maximum absolute atomic E-state index is 11.2. The molecule has 0 aromatic heterocycles. The molecule has 0 amide bonds. The molecule has 0 bridgehead atoms. The summed E-state index contributed by atoms with van der Waals surface area (Å²) in [5.74, 6) is -2.20. The van der Waals surface area contributed by atoms with Crippen molar-refractivity contribution in [3.8, 4) is 5.75 Å². The van der Waals surface area contributed by atoms with E-state index in [2.05, 4.69) is 4.74 Å². The molecule has 0 saturated carbocycles. The van der Waals surface area contributed by atoms with E-state index in [-0.39, 0.29) is 21.9 Å². The highest BCUT2D eigenvalue weighted by atomic mass is 35.5. The van der Waals surface area contributed by atoms with Crippen molar-refractivity contribution < 1.29 is 24.5 Å². The number of halogens is 1. The van der Waals surface area contributed by atoms with Gasteiger partial charge in [0, 0.05) is 11.6 Å². The van der Waals surface area contributed by atoms with Crippen LogP contribution in [0.15, 0.2) is 18.2 Å². The Morgan fingerprint density at radius 1 is 1.41 bits per heavy atom. The van der Waals surface area contributed by atoms with E-state index in [1.54, 1.807) is 0 Å². The number of carbonyl (C=O) groups is 2. The predicted octanol–water partition coefficient (Wildman–Crippen LogP) is 1.93. The summed E-state index contributed by atoms with van der Waals surface area (Å²) in [4.78, 5) is 21.5. The van der Waals surface area contributed by atoms with Crippen LogP contribution in [0.1, 0.15) is 15.9 Å². The van der Waals surface area contributed by atoms with Gasteiger partial charge in [-0.25, -0.2) is 9.59 Å². The Balaban J connectivity index is 3.19. The highest BCUT2D eigenvalue weighted by molar-refractivity contribution is 6.35. The van der Waals surface area contributed by atoms with E-state index in [4.69, 9.17) is 16.7 Å². The highest BCUT2D eigenvalue weighted by Crippen LogP contribution is 2.32. The molecule has 17 heavy (non-hydrogen) atoms. The Morgan fingerprint density at radius 2 is 2.06 bits per heavy atom. The molecule has 0 heterocycles. The molecule has 1 rings (SSSR count). The quantitative estimate of drug-likeness (QED) is 0.638. The number of hydrogen-bond donors (Lipinski definition) is 2. The third-order valence-electron chi connectivity index (χ3n) is 1.96. The maximum Gasteiger partial charge on any atom is 0.339 e. The normalized spacial score (nSPS) is 10.5. The predicted molar refractivity (Wildman–Crippen MR) is 61.1 cm³/mol. The molecule has 1 aromatic rings. The van der Waals surface area contributed by atoms with Crippen molar-refractivity contribution in [1.82, 2.24) is 0 Å². The molecule has 6 heteroatoms. The lowest BCUT2D eigenvalue weighted by Crippen LogP contribution is -2.02. The first kappa shape index (κ1) is 13.1. The standard InChI is InChI=1S/C11H9ClO5/c1-17-11(16)7-4-2-6(3-5-8(13)14)10(15)9(7)12/h2-5,15H,1H3,(H,13,14). The number of aromatic hydroxyl groups is 1. The Morgan fingerprint density at radius 3 is 2.59 bits per heavy atom. The number of esters is 1. The second-order valence-electron chi connectivity index (χ2n) is 3.03. The summed E-state index contributed by atoms with van der Waals surface area (Å²) in [6, 6.07) is 2.71. The number of carbonyl (C=O) groups excluding carboxylic acids is 1. The van der Waals surface area contributed by atoms with Gasteiger partial charge in [-0.2, -0.15) is 0 Å². The van der Waals surface area contributed by atoms with Crippen molar-refractivity contribution in [3.05, 3.63) is 34.4 Å². The number of aliphatic carboxylic acids is 1. The van der Waals surface area contributed by atoms with Gasteiger partial charge in [0.1, 0.15) is 5.75 Å². The zero-order chi connectivity index (χ0) is 13.0. The Bertz CT molecular complexity index is 493. The number of methoxy groups -OCH3 is 1. The molecule has 90 valence electrons. The molecule has 0 aliphatic heterocycles. The van der Waals surface area contributed by atoms with Crippen molar-refractivity contribution in [1.29, 1.82) is 0 Å². The van der Waals surface area contributed by atoms with Crippen LogP contribution >= 0.6 is 11.6 Å². The first-order chi connectivity index (χ1) is 7.97. The molecule has 5 nitrogen and oxygen atoms in total. The zero-order valence-electron chi connectivity index (χ0n) is 8.81. The SMILES string of the molecule is COC(=O)c1ccc(C=CC(=O)O)c(O)c1Cl. The van der Waals surface area contributed by atoms with Gasteiger partial charge < -0.3 is 14.9 Å². The largest absolute Gasteiger partial charge is 0.506 e. The van der Waals surface area contributed by atoms with Crippen LogP contribution in [0.5, 0.6) is 5.75 Å². The topological polar surface area (TPSA) is 83.8 Å². The molecular formula is C11H9ClO5. The average Bonchev–Trinajstić information content (AvgIpc) is 2.30. The van der Waals surface area contributed by atoms with E-state index in [1.807, 2.05) is 0 Å². The molecule has 0 aliphatic rings. The van der Waals surface area contributed by atoms with Gasteiger partial charge in [-0.05, 0) is 12.1 Å². The average molecular weight is 257 g/mol.